The largest absolute Gasteiger partial charge is 0.384 e. The van der Waals surface area contributed by atoms with E-state index in [1.54, 1.807) is 60.7 Å². The summed E-state index contributed by atoms with van der Waals surface area (Å²) in [7, 11) is 0. The van der Waals surface area contributed by atoms with Crippen molar-refractivity contribution in [2.45, 2.75) is 23.9 Å². The third kappa shape index (κ3) is 4.40. The molecule has 4 aromatic carbocycles. The Bertz CT molecular complexity index is 1550. The van der Waals surface area contributed by atoms with Gasteiger partial charge in [0.25, 0.3) is 0 Å². The van der Waals surface area contributed by atoms with Crippen molar-refractivity contribution in [2.75, 3.05) is 0 Å². The van der Waals surface area contributed by atoms with Crippen molar-refractivity contribution in [3.8, 4) is 12.1 Å². The van der Waals surface area contributed by atoms with Gasteiger partial charge in [-0.05, 0) is 47.4 Å². The van der Waals surface area contributed by atoms with E-state index in [0.29, 0.717) is 22.3 Å². The highest BCUT2D eigenvalue weighted by Crippen LogP contribution is 2.63. The first-order valence-corrected chi connectivity index (χ1v) is 12.5. The summed E-state index contributed by atoms with van der Waals surface area (Å²) in [5, 5.41) is 34.1. The van der Waals surface area contributed by atoms with Crippen molar-refractivity contribution in [3.63, 3.8) is 0 Å². The number of ketones is 1. The van der Waals surface area contributed by atoms with Crippen LogP contribution < -0.4 is 0 Å². The molecule has 0 saturated heterocycles. The molecule has 0 amide bonds. The number of nitrogens with zero attached hydrogens (tertiary/aromatic N) is 2. The molecule has 4 atom stereocenters. The van der Waals surface area contributed by atoms with Crippen LogP contribution in [0, 0.1) is 45.6 Å². The molecule has 0 heterocycles. The molecule has 5 rings (SSSR count). The van der Waals surface area contributed by atoms with E-state index in [4.69, 9.17) is 0 Å². The fourth-order valence-corrected chi connectivity index (χ4v) is 6.05. The minimum atomic E-state index is -1.86. The maximum atomic E-state index is 14.3. The molecule has 1 saturated carbocycles. The number of hydrogen-bond acceptors (Lipinski definition) is 4. The van der Waals surface area contributed by atoms with Crippen LogP contribution in [0.1, 0.15) is 45.3 Å². The Balaban J connectivity index is 1.85. The zero-order valence-electron chi connectivity index (χ0n) is 20.8. The summed E-state index contributed by atoms with van der Waals surface area (Å²) in [6.07, 6.45) is -0.148. The summed E-state index contributed by atoms with van der Waals surface area (Å²) in [6.45, 7) is 0. The monoisotopic (exact) mass is 518 g/mol. The second-order valence-electron chi connectivity index (χ2n) is 9.93. The highest BCUT2D eigenvalue weighted by atomic mass is 19.1. The van der Waals surface area contributed by atoms with Crippen molar-refractivity contribution in [2.24, 2.45) is 11.3 Å². The SMILES string of the molecule is N#CC1(C#N)C(c2ccc(F)cc2)CC(O)(c2ccccc2)C(C(=O)c2ccccc2)C1c1ccc(F)cc1. The number of halogens is 2. The minimum Gasteiger partial charge on any atom is -0.384 e. The average Bonchev–Trinajstić information content (AvgIpc) is 2.98. The third-order valence-corrected chi connectivity index (χ3v) is 7.89. The zero-order valence-corrected chi connectivity index (χ0v) is 20.8. The number of carbonyl (C=O) groups is 1. The molecule has 1 fully saturated rings. The van der Waals surface area contributed by atoms with Gasteiger partial charge >= 0.3 is 0 Å². The standard InChI is InChI=1S/C33H24F2N2O2/c34-26-15-11-22(12-16-26)28-19-33(39,25-9-5-2-6-10-25)30(31(38)24-7-3-1-4-8-24)29(32(28,20-36)21-37)23-13-17-27(35)18-14-23/h1-18,28-30,39H,19H2. The molecule has 0 spiro atoms. The van der Waals surface area contributed by atoms with Gasteiger partial charge < -0.3 is 5.11 Å². The molecule has 1 N–H and O–H groups in total. The molecule has 4 unspecified atom stereocenters. The number of carbonyl (C=O) groups excluding carboxylic acids is 1. The van der Waals surface area contributed by atoms with E-state index >= 15 is 0 Å². The summed E-state index contributed by atoms with van der Waals surface area (Å²) in [4.78, 5) is 14.3. The summed E-state index contributed by atoms with van der Waals surface area (Å²) in [6, 6.07) is 32.3. The molecule has 0 bridgehead atoms. The van der Waals surface area contributed by atoms with Crippen LogP contribution in [0.2, 0.25) is 0 Å². The predicted octanol–water partition coefficient (Wildman–Crippen LogP) is 6.66. The predicted molar refractivity (Wildman–Crippen MR) is 141 cm³/mol. The number of Topliss-reactive ketones (excluding diaryl/α,β-unsaturated/α-hetero) is 1. The first-order valence-electron chi connectivity index (χ1n) is 12.5. The third-order valence-electron chi connectivity index (χ3n) is 7.89. The Morgan fingerprint density at radius 3 is 1.74 bits per heavy atom. The van der Waals surface area contributed by atoms with Crippen LogP contribution in [-0.4, -0.2) is 10.9 Å². The Labute approximate surface area is 225 Å². The van der Waals surface area contributed by atoms with Crippen LogP contribution in [0.15, 0.2) is 109 Å². The molecule has 0 aliphatic heterocycles. The molecular weight excluding hydrogens is 494 g/mol. The number of nitriles is 2. The number of hydrogen-bond donors (Lipinski definition) is 1. The van der Waals surface area contributed by atoms with E-state index in [1.165, 1.54) is 48.5 Å². The topological polar surface area (TPSA) is 84.9 Å². The lowest BCUT2D eigenvalue weighted by molar-refractivity contribution is -0.0783. The lowest BCUT2D eigenvalue weighted by atomic mass is 9.48. The molecule has 0 aromatic heterocycles. The van der Waals surface area contributed by atoms with Gasteiger partial charge in [0, 0.05) is 17.4 Å². The lowest BCUT2D eigenvalue weighted by Crippen LogP contribution is -2.55. The average molecular weight is 519 g/mol. The molecular formula is C33H24F2N2O2. The molecule has 192 valence electrons. The molecule has 4 aromatic rings. The van der Waals surface area contributed by atoms with E-state index in [1.807, 2.05) is 0 Å². The van der Waals surface area contributed by atoms with Gasteiger partial charge in [0.2, 0.25) is 0 Å². The van der Waals surface area contributed by atoms with E-state index in [2.05, 4.69) is 12.1 Å². The highest BCUT2D eigenvalue weighted by molar-refractivity contribution is 5.99. The summed E-state index contributed by atoms with van der Waals surface area (Å²) >= 11 is 0. The van der Waals surface area contributed by atoms with Crippen molar-refractivity contribution in [1.82, 2.24) is 0 Å². The van der Waals surface area contributed by atoms with Crippen LogP contribution in [0.25, 0.3) is 0 Å². The van der Waals surface area contributed by atoms with Gasteiger partial charge in [0.1, 0.15) is 17.2 Å². The molecule has 1 aliphatic rings. The van der Waals surface area contributed by atoms with Gasteiger partial charge in [-0.25, -0.2) is 8.78 Å². The van der Waals surface area contributed by atoms with Crippen LogP contribution in [-0.2, 0) is 5.60 Å². The van der Waals surface area contributed by atoms with Gasteiger partial charge in [-0.1, -0.05) is 84.9 Å². The second kappa shape index (κ2) is 10.3. The van der Waals surface area contributed by atoms with Crippen molar-refractivity contribution >= 4 is 5.78 Å². The van der Waals surface area contributed by atoms with Gasteiger partial charge in [0.05, 0.1) is 18.1 Å². The molecule has 1 aliphatic carbocycles. The first kappa shape index (κ1) is 26.0. The van der Waals surface area contributed by atoms with Gasteiger partial charge in [0.15, 0.2) is 11.2 Å². The van der Waals surface area contributed by atoms with E-state index < -0.39 is 46.2 Å². The maximum absolute atomic E-state index is 14.3. The van der Waals surface area contributed by atoms with Crippen LogP contribution in [0.3, 0.4) is 0 Å². The Hall–Kier alpha value is -4.65. The molecule has 0 radical (unpaired) electrons. The van der Waals surface area contributed by atoms with Gasteiger partial charge in [-0.2, -0.15) is 10.5 Å². The molecule has 4 nitrogen and oxygen atoms in total. The normalized spacial score (nSPS) is 23.8. The lowest BCUT2D eigenvalue weighted by Gasteiger charge is -2.53. The van der Waals surface area contributed by atoms with E-state index in [9.17, 15) is 29.2 Å². The maximum Gasteiger partial charge on any atom is 0.169 e. The molecule has 39 heavy (non-hydrogen) atoms. The smallest absolute Gasteiger partial charge is 0.169 e. The zero-order chi connectivity index (χ0) is 27.6. The van der Waals surface area contributed by atoms with Crippen molar-refractivity contribution in [1.29, 1.82) is 10.5 Å². The fraction of sp³-hybridized carbons (Fsp3) is 0.182. The van der Waals surface area contributed by atoms with E-state index in [0.717, 1.165) is 0 Å². The fourth-order valence-electron chi connectivity index (χ4n) is 6.05. The Kier molecular flexibility index (Phi) is 6.83. The minimum absolute atomic E-state index is 0.148. The highest BCUT2D eigenvalue weighted by Gasteiger charge is 2.64. The van der Waals surface area contributed by atoms with Crippen LogP contribution in [0.4, 0.5) is 8.78 Å². The molecule has 6 heteroatoms. The second-order valence-corrected chi connectivity index (χ2v) is 9.93. The number of aliphatic hydroxyl groups is 1. The summed E-state index contributed by atoms with van der Waals surface area (Å²) < 4.78 is 27.9. The summed E-state index contributed by atoms with van der Waals surface area (Å²) in [5.74, 6) is -4.79. The number of benzene rings is 4. The van der Waals surface area contributed by atoms with Crippen LogP contribution >= 0.6 is 0 Å². The van der Waals surface area contributed by atoms with Crippen molar-refractivity contribution < 1.29 is 18.7 Å². The van der Waals surface area contributed by atoms with E-state index in [-0.39, 0.29) is 6.42 Å². The Morgan fingerprint density at radius 1 is 0.744 bits per heavy atom. The van der Waals surface area contributed by atoms with Gasteiger partial charge in [-0.15, -0.1) is 0 Å². The van der Waals surface area contributed by atoms with Gasteiger partial charge in [-0.3, -0.25) is 4.79 Å². The first-order chi connectivity index (χ1) is 18.8. The number of rotatable bonds is 5. The quantitative estimate of drug-likeness (QED) is 0.300. The summed E-state index contributed by atoms with van der Waals surface area (Å²) in [5.41, 5.74) is -2.08. The van der Waals surface area contributed by atoms with Crippen molar-refractivity contribution in [3.05, 3.63) is 143 Å². The van der Waals surface area contributed by atoms with Crippen LogP contribution in [0.5, 0.6) is 0 Å². The Morgan fingerprint density at radius 2 is 1.23 bits per heavy atom.